The second-order valence-corrected chi connectivity index (χ2v) is 4.60. The number of hydrogen-bond donors (Lipinski definition) is 2. The number of carbonyl (C=O) groups excluding carboxylic acids is 1. The fraction of sp³-hybridized carbons (Fsp3) is 0.333. The van der Waals surface area contributed by atoms with Gasteiger partial charge in [0, 0.05) is 13.0 Å². The maximum Gasteiger partial charge on any atom is 0.303 e. The first-order valence-corrected chi connectivity index (χ1v) is 6.58. The molecule has 0 atom stereocenters. The number of carboxylic acid groups (broad SMARTS) is 1. The molecule has 0 radical (unpaired) electrons. The molecule has 0 saturated heterocycles. The van der Waals surface area contributed by atoms with Gasteiger partial charge in [-0.25, -0.2) is 0 Å². The molecule has 6 nitrogen and oxygen atoms in total. The molecule has 0 fully saturated rings. The van der Waals surface area contributed by atoms with Crippen LogP contribution >= 0.6 is 11.7 Å². The predicted molar refractivity (Wildman–Crippen MR) is 71.0 cm³/mol. The van der Waals surface area contributed by atoms with E-state index >= 15 is 0 Å². The second-order valence-electron chi connectivity index (χ2n) is 4.07. The van der Waals surface area contributed by atoms with Gasteiger partial charge in [-0.3, -0.25) is 9.59 Å². The first kappa shape index (κ1) is 13.4. The van der Waals surface area contributed by atoms with Crippen molar-refractivity contribution >= 4 is 34.6 Å². The fourth-order valence-corrected chi connectivity index (χ4v) is 2.28. The SMILES string of the molecule is O=C(O)CCCNC(=O)Cc1cccc2nsnc12. The van der Waals surface area contributed by atoms with Crippen LogP contribution in [0.3, 0.4) is 0 Å². The van der Waals surface area contributed by atoms with Crippen LogP contribution in [0, 0.1) is 0 Å². The summed E-state index contributed by atoms with van der Waals surface area (Å²) in [6.07, 6.45) is 0.727. The molecule has 1 heterocycles. The number of benzene rings is 1. The summed E-state index contributed by atoms with van der Waals surface area (Å²) in [4.78, 5) is 22.0. The Hall–Kier alpha value is -2.02. The number of nitrogens with one attached hydrogen (secondary N) is 1. The molecule has 2 rings (SSSR count). The molecule has 1 amide bonds. The Morgan fingerprint density at radius 3 is 2.95 bits per heavy atom. The molecule has 0 aliphatic carbocycles. The third-order valence-corrected chi connectivity index (χ3v) is 3.15. The van der Waals surface area contributed by atoms with Gasteiger partial charge in [-0.2, -0.15) is 8.75 Å². The smallest absolute Gasteiger partial charge is 0.303 e. The van der Waals surface area contributed by atoms with E-state index in [1.165, 1.54) is 0 Å². The van der Waals surface area contributed by atoms with E-state index in [0.29, 0.717) is 13.0 Å². The summed E-state index contributed by atoms with van der Waals surface area (Å²) in [5.41, 5.74) is 2.39. The third-order valence-electron chi connectivity index (χ3n) is 2.61. The average molecular weight is 279 g/mol. The van der Waals surface area contributed by atoms with Crippen LogP contribution in [0.4, 0.5) is 0 Å². The number of amides is 1. The van der Waals surface area contributed by atoms with E-state index in [9.17, 15) is 9.59 Å². The van der Waals surface area contributed by atoms with E-state index in [4.69, 9.17) is 5.11 Å². The highest BCUT2D eigenvalue weighted by molar-refractivity contribution is 7.00. The lowest BCUT2D eigenvalue weighted by Crippen LogP contribution is -2.26. The summed E-state index contributed by atoms with van der Waals surface area (Å²) >= 11 is 1.12. The molecule has 0 spiro atoms. The molecule has 0 saturated carbocycles. The first-order chi connectivity index (χ1) is 9.16. The van der Waals surface area contributed by atoms with Crippen molar-refractivity contribution in [3.05, 3.63) is 23.8 Å². The van der Waals surface area contributed by atoms with Crippen molar-refractivity contribution in [1.82, 2.24) is 14.1 Å². The number of hydrogen-bond acceptors (Lipinski definition) is 5. The topological polar surface area (TPSA) is 92.2 Å². The van der Waals surface area contributed by atoms with Crippen LogP contribution in [0.15, 0.2) is 18.2 Å². The summed E-state index contributed by atoms with van der Waals surface area (Å²) in [5.74, 6) is -0.988. The fourth-order valence-electron chi connectivity index (χ4n) is 1.71. The molecule has 19 heavy (non-hydrogen) atoms. The zero-order chi connectivity index (χ0) is 13.7. The van der Waals surface area contributed by atoms with Crippen LogP contribution in [-0.4, -0.2) is 32.3 Å². The molecular weight excluding hydrogens is 266 g/mol. The second kappa shape index (κ2) is 6.24. The lowest BCUT2D eigenvalue weighted by Gasteiger charge is -2.04. The van der Waals surface area contributed by atoms with Crippen molar-refractivity contribution in [2.24, 2.45) is 0 Å². The summed E-state index contributed by atoms with van der Waals surface area (Å²) in [5, 5.41) is 11.2. The molecule has 0 aliphatic rings. The minimum Gasteiger partial charge on any atom is -0.481 e. The lowest BCUT2D eigenvalue weighted by molar-refractivity contribution is -0.137. The van der Waals surface area contributed by atoms with Crippen LogP contribution in [0.5, 0.6) is 0 Å². The van der Waals surface area contributed by atoms with Crippen molar-refractivity contribution in [2.75, 3.05) is 6.54 Å². The molecule has 0 unspecified atom stereocenters. The van der Waals surface area contributed by atoms with Gasteiger partial charge in [0.1, 0.15) is 11.0 Å². The number of carboxylic acids is 1. The highest BCUT2D eigenvalue weighted by atomic mass is 32.1. The Balaban J connectivity index is 1.88. The van der Waals surface area contributed by atoms with E-state index in [0.717, 1.165) is 28.3 Å². The van der Waals surface area contributed by atoms with E-state index in [-0.39, 0.29) is 18.7 Å². The van der Waals surface area contributed by atoms with Gasteiger partial charge < -0.3 is 10.4 Å². The maximum absolute atomic E-state index is 11.7. The number of rotatable bonds is 6. The lowest BCUT2D eigenvalue weighted by atomic mass is 10.1. The normalized spacial score (nSPS) is 10.5. The van der Waals surface area contributed by atoms with Crippen molar-refractivity contribution < 1.29 is 14.7 Å². The van der Waals surface area contributed by atoms with Gasteiger partial charge in [0.25, 0.3) is 0 Å². The van der Waals surface area contributed by atoms with Gasteiger partial charge in [-0.1, -0.05) is 12.1 Å². The summed E-state index contributed by atoms with van der Waals surface area (Å²) in [6, 6.07) is 5.55. The van der Waals surface area contributed by atoms with E-state index < -0.39 is 5.97 Å². The van der Waals surface area contributed by atoms with Crippen molar-refractivity contribution in [3.63, 3.8) is 0 Å². The van der Waals surface area contributed by atoms with Gasteiger partial charge >= 0.3 is 5.97 Å². The van der Waals surface area contributed by atoms with Crippen LogP contribution in [0.1, 0.15) is 18.4 Å². The van der Waals surface area contributed by atoms with Crippen LogP contribution in [-0.2, 0) is 16.0 Å². The number of aromatic nitrogens is 2. The van der Waals surface area contributed by atoms with Crippen molar-refractivity contribution in [3.8, 4) is 0 Å². The van der Waals surface area contributed by atoms with Crippen molar-refractivity contribution in [1.29, 1.82) is 0 Å². The Morgan fingerprint density at radius 2 is 2.16 bits per heavy atom. The van der Waals surface area contributed by atoms with E-state index in [1.807, 2.05) is 18.2 Å². The van der Waals surface area contributed by atoms with Crippen molar-refractivity contribution in [2.45, 2.75) is 19.3 Å². The highest BCUT2D eigenvalue weighted by Crippen LogP contribution is 2.16. The molecule has 1 aromatic heterocycles. The molecule has 0 bridgehead atoms. The molecule has 7 heteroatoms. The quantitative estimate of drug-likeness (QED) is 0.775. The van der Waals surface area contributed by atoms with Gasteiger partial charge in [0.05, 0.1) is 18.1 Å². The summed E-state index contributed by atoms with van der Waals surface area (Å²) < 4.78 is 8.28. The highest BCUT2D eigenvalue weighted by Gasteiger charge is 2.09. The Kier molecular flexibility index (Phi) is 4.40. The third kappa shape index (κ3) is 3.72. The summed E-state index contributed by atoms with van der Waals surface area (Å²) in [6.45, 7) is 0.371. The number of fused-ring (bicyclic) bond motifs is 1. The predicted octanol–water partition coefficient (Wildman–Crippen LogP) is 1.21. The Labute approximate surface area is 113 Å². The standard InChI is InChI=1S/C12H13N3O3S/c16-10(13-6-2-5-11(17)18)7-8-3-1-4-9-12(8)15-19-14-9/h1,3-4H,2,5-7H2,(H,13,16)(H,17,18). The number of aliphatic carboxylic acids is 1. The van der Waals surface area contributed by atoms with E-state index in [1.54, 1.807) is 0 Å². The van der Waals surface area contributed by atoms with Gasteiger partial charge in [-0.15, -0.1) is 0 Å². The van der Waals surface area contributed by atoms with Gasteiger partial charge in [0.15, 0.2) is 0 Å². The van der Waals surface area contributed by atoms with Crippen LogP contribution in [0.25, 0.3) is 11.0 Å². The first-order valence-electron chi connectivity index (χ1n) is 5.85. The Morgan fingerprint density at radius 1 is 1.32 bits per heavy atom. The number of nitrogens with zero attached hydrogens (tertiary/aromatic N) is 2. The molecule has 2 N–H and O–H groups in total. The molecule has 0 aliphatic heterocycles. The molecule has 1 aromatic carbocycles. The number of carbonyl (C=O) groups is 2. The van der Waals surface area contributed by atoms with Crippen LogP contribution in [0.2, 0.25) is 0 Å². The molecule has 2 aromatic rings. The maximum atomic E-state index is 11.7. The van der Waals surface area contributed by atoms with Crippen LogP contribution < -0.4 is 5.32 Å². The zero-order valence-electron chi connectivity index (χ0n) is 10.1. The summed E-state index contributed by atoms with van der Waals surface area (Å²) in [7, 11) is 0. The monoisotopic (exact) mass is 279 g/mol. The zero-order valence-corrected chi connectivity index (χ0v) is 10.9. The minimum atomic E-state index is -0.854. The van der Waals surface area contributed by atoms with Gasteiger partial charge in [0.2, 0.25) is 5.91 Å². The Bertz CT molecular complexity index is 597. The molecule has 100 valence electrons. The minimum absolute atomic E-state index is 0.0614. The van der Waals surface area contributed by atoms with E-state index in [2.05, 4.69) is 14.1 Å². The average Bonchev–Trinajstić information content (AvgIpc) is 2.84. The largest absolute Gasteiger partial charge is 0.481 e. The molecular formula is C12H13N3O3S. The van der Waals surface area contributed by atoms with Gasteiger partial charge in [-0.05, 0) is 18.1 Å².